The van der Waals surface area contributed by atoms with Gasteiger partial charge in [-0.15, -0.1) is 0 Å². The molecule has 0 unspecified atom stereocenters. The van der Waals surface area contributed by atoms with Gasteiger partial charge >= 0.3 is 0 Å². The van der Waals surface area contributed by atoms with Crippen LogP contribution in [0.3, 0.4) is 0 Å². The van der Waals surface area contributed by atoms with Crippen molar-refractivity contribution in [3.63, 3.8) is 0 Å². The van der Waals surface area contributed by atoms with Crippen molar-refractivity contribution < 1.29 is 9.59 Å². The third-order valence-corrected chi connectivity index (χ3v) is 5.18. The Bertz CT molecular complexity index is 457. The molecule has 2 aliphatic heterocycles. The minimum absolute atomic E-state index is 0.0145. The van der Waals surface area contributed by atoms with E-state index in [4.69, 9.17) is 0 Å². The van der Waals surface area contributed by atoms with Crippen LogP contribution in [-0.2, 0) is 9.59 Å². The van der Waals surface area contributed by atoms with Gasteiger partial charge in [-0.2, -0.15) is 0 Å². The van der Waals surface area contributed by atoms with Crippen LogP contribution < -0.4 is 5.32 Å². The highest BCUT2D eigenvalue weighted by atomic mass is 16.2. The van der Waals surface area contributed by atoms with Crippen LogP contribution in [-0.4, -0.2) is 58.4 Å². The maximum Gasteiger partial charge on any atom is 0.242 e. The fourth-order valence-corrected chi connectivity index (χ4v) is 4.45. The van der Waals surface area contributed by atoms with Crippen molar-refractivity contribution >= 4 is 11.8 Å². The highest BCUT2D eigenvalue weighted by Gasteiger charge is 2.41. The molecule has 0 saturated carbocycles. The lowest BCUT2D eigenvalue weighted by atomic mass is 9.79. The minimum Gasteiger partial charge on any atom is -0.338 e. The van der Waals surface area contributed by atoms with Gasteiger partial charge < -0.3 is 15.1 Å². The maximum atomic E-state index is 13.0. The molecule has 0 spiro atoms. The molecule has 2 fully saturated rings. The number of hydrogen-bond donors (Lipinski definition) is 1. The highest BCUT2D eigenvalue weighted by Crippen LogP contribution is 2.32. The molecule has 0 atom stereocenters. The van der Waals surface area contributed by atoms with Crippen LogP contribution >= 0.6 is 0 Å². The lowest BCUT2D eigenvalue weighted by molar-refractivity contribution is -0.141. The zero-order valence-corrected chi connectivity index (χ0v) is 16.2. The number of hydrogen-bond acceptors (Lipinski definition) is 3. The summed E-state index contributed by atoms with van der Waals surface area (Å²) in [6.07, 6.45) is 5.48. The van der Waals surface area contributed by atoms with Gasteiger partial charge in [0.15, 0.2) is 0 Å². The normalized spacial score (nSPS) is 23.5. The van der Waals surface area contributed by atoms with E-state index in [1.807, 2.05) is 0 Å². The summed E-state index contributed by atoms with van der Waals surface area (Å²) in [5.74, 6) is 0.252. The molecule has 1 N–H and O–H groups in total. The monoisotopic (exact) mass is 337 g/mol. The van der Waals surface area contributed by atoms with Crippen molar-refractivity contribution in [3.8, 4) is 0 Å². The molecule has 2 saturated heterocycles. The van der Waals surface area contributed by atoms with E-state index in [1.165, 1.54) is 0 Å². The van der Waals surface area contributed by atoms with E-state index in [9.17, 15) is 9.59 Å². The third kappa shape index (κ3) is 4.95. The van der Waals surface area contributed by atoms with Crippen molar-refractivity contribution in [2.75, 3.05) is 19.6 Å². The van der Waals surface area contributed by atoms with Crippen LogP contribution in [0.2, 0.25) is 0 Å². The van der Waals surface area contributed by atoms with Crippen LogP contribution in [0, 0.1) is 0 Å². The molecule has 2 amide bonds. The Kier molecular flexibility index (Phi) is 5.95. The van der Waals surface area contributed by atoms with Gasteiger partial charge in [-0.05, 0) is 53.4 Å². The number of amides is 2. The standard InChI is InChI=1S/C19H35N3O2/c1-6-7-11-22(17(24)14-21-10-8-9-16(21)23)15-12-18(2,3)20-19(4,5)13-15/h15,20H,6-14H2,1-5H3. The number of likely N-dealkylation sites (tertiary alicyclic amines) is 1. The molecule has 0 aromatic rings. The molecule has 0 aromatic heterocycles. The van der Waals surface area contributed by atoms with Crippen molar-refractivity contribution in [2.24, 2.45) is 0 Å². The summed E-state index contributed by atoms with van der Waals surface area (Å²) in [7, 11) is 0. The van der Waals surface area contributed by atoms with Crippen LogP contribution in [0.4, 0.5) is 0 Å². The van der Waals surface area contributed by atoms with E-state index in [0.29, 0.717) is 6.42 Å². The molecule has 5 nitrogen and oxygen atoms in total. The summed E-state index contributed by atoms with van der Waals surface area (Å²) < 4.78 is 0. The Labute approximate surface area is 147 Å². The number of unbranched alkanes of at least 4 members (excludes halogenated alkanes) is 1. The number of carbonyl (C=O) groups excluding carboxylic acids is 2. The molecule has 2 heterocycles. The topological polar surface area (TPSA) is 52.7 Å². The Balaban J connectivity index is 2.11. The van der Waals surface area contributed by atoms with Crippen molar-refractivity contribution in [1.82, 2.24) is 15.1 Å². The molecule has 0 aromatic carbocycles. The fourth-order valence-electron chi connectivity index (χ4n) is 4.45. The average molecular weight is 338 g/mol. The molecule has 24 heavy (non-hydrogen) atoms. The summed E-state index contributed by atoms with van der Waals surface area (Å²) >= 11 is 0. The second kappa shape index (κ2) is 7.42. The first-order valence-electron chi connectivity index (χ1n) is 9.50. The van der Waals surface area contributed by atoms with E-state index in [0.717, 1.165) is 45.2 Å². The van der Waals surface area contributed by atoms with Crippen LogP contribution in [0.25, 0.3) is 0 Å². The van der Waals surface area contributed by atoms with Crippen LogP contribution in [0.15, 0.2) is 0 Å². The van der Waals surface area contributed by atoms with Gasteiger partial charge in [0, 0.05) is 36.6 Å². The Morgan fingerprint density at radius 2 is 1.88 bits per heavy atom. The van der Waals surface area contributed by atoms with E-state index in [2.05, 4.69) is 44.8 Å². The molecule has 138 valence electrons. The first kappa shape index (κ1) is 19.2. The first-order chi connectivity index (χ1) is 11.1. The van der Waals surface area contributed by atoms with Gasteiger partial charge in [-0.25, -0.2) is 0 Å². The summed E-state index contributed by atoms with van der Waals surface area (Å²) in [5, 5.41) is 3.69. The molecule has 0 bridgehead atoms. The molecular weight excluding hydrogens is 302 g/mol. The predicted molar refractivity (Wildman–Crippen MR) is 96.8 cm³/mol. The van der Waals surface area contributed by atoms with Gasteiger partial charge in [-0.3, -0.25) is 9.59 Å². The summed E-state index contributed by atoms with van der Waals surface area (Å²) in [4.78, 5) is 28.7. The smallest absolute Gasteiger partial charge is 0.242 e. The maximum absolute atomic E-state index is 13.0. The zero-order chi connectivity index (χ0) is 18.0. The van der Waals surface area contributed by atoms with E-state index < -0.39 is 0 Å². The molecular formula is C19H35N3O2. The number of rotatable bonds is 6. The Hall–Kier alpha value is -1.10. The fraction of sp³-hybridized carbons (Fsp3) is 0.895. The minimum atomic E-state index is 0.0145. The van der Waals surface area contributed by atoms with Crippen LogP contribution in [0.5, 0.6) is 0 Å². The van der Waals surface area contributed by atoms with Crippen molar-refractivity contribution in [1.29, 1.82) is 0 Å². The molecule has 2 rings (SSSR count). The molecule has 5 heteroatoms. The van der Waals surface area contributed by atoms with Gasteiger partial charge in [0.1, 0.15) is 0 Å². The number of nitrogens with zero attached hydrogens (tertiary/aromatic N) is 2. The zero-order valence-electron chi connectivity index (χ0n) is 16.2. The second-order valence-corrected chi connectivity index (χ2v) is 8.81. The molecule has 0 aliphatic carbocycles. The molecule has 2 aliphatic rings. The highest BCUT2D eigenvalue weighted by molar-refractivity contribution is 5.86. The average Bonchev–Trinajstić information content (AvgIpc) is 2.81. The Morgan fingerprint density at radius 3 is 2.38 bits per heavy atom. The summed E-state index contributed by atoms with van der Waals surface area (Å²) in [5.41, 5.74) is 0.0290. The number of carbonyl (C=O) groups is 2. The SMILES string of the molecule is CCCCN(C(=O)CN1CCCC1=O)C1CC(C)(C)NC(C)(C)C1. The predicted octanol–water partition coefficient (Wildman–Crippen LogP) is 2.55. The van der Waals surface area contributed by atoms with E-state index >= 15 is 0 Å². The summed E-state index contributed by atoms with van der Waals surface area (Å²) in [6, 6.07) is 0.244. The van der Waals surface area contributed by atoms with Gasteiger partial charge in [0.05, 0.1) is 6.54 Å². The first-order valence-corrected chi connectivity index (χ1v) is 9.50. The van der Waals surface area contributed by atoms with Gasteiger partial charge in [0.25, 0.3) is 0 Å². The van der Waals surface area contributed by atoms with E-state index in [-0.39, 0.29) is 35.5 Å². The van der Waals surface area contributed by atoms with Gasteiger partial charge in [-0.1, -0.05) is 13.3 Å². The van der Waals surface area contributed by atoms with E-state index in [1.54, 1.807) is 4.90 Å². The Morgan fingerprint density at radius 1 is 1.25 bits per heavy atom. The number of nitrogens with one attached hydrogen (secondary N) is 1. The summed E-state index contributed by atoms with van der Waals surface area (Å²) in [6.45, 7) is 12.8. The second-order valence-electron chi connectivity index (χ2n) is 8.81. The van der Waals surface area contributed by atoms with Crippen molar-refractivity contribution in [3.05, 3.63) is 0 Å². The molecule has 0 radical (unpaired) electrons. The number of piperidine rings is 1. The largest absolute Gasteiger partial charge is 0.338 e. The van der Waals surface area contributed by atoms with Crippen LogP contribution in [0.1, 0.15) is 73.1 Å². The third-order valence-electron chi connectivity index (χ3n) is 5.18. The lowest BCUT2D eigenvalue weighted by Gasteiger charge is -2.49. The quantitative estimate of drug-likeness (QED) is 0.810. The van der Waals surface area contributed by atoms with Crippen molar-refractivity contribution in [2.45, 2.75) is 90.3 Å². The lowest BCUT2D eigenvalue weighted by Crippen LogP contribution is -2.63. The van der Waals surface area contributed by atoms with Gasteiger partial charge in [0.2, 0.25) is 11.8 Å².